The van der Waals surface area contributed by atoms with Crippen LogP contribution in [0, 0.1) is 5.41 Å². The van der Waals surface area contributed by atoms with Crippen molar-refractivity contribution in [3.63, 3.8) is 0 Å². The lowest BCUT2D eigenvalue weighted by Gasteiger charge is -2.15. The Morgan fingerprint density at radius 1 is 1.39 bits per heavy atom. The van der Waals surface area contributed by atoms with Crippen LogP contribution in [0.5, 0.6) is 0 Å². The smallest absolute Gasteiger partial charge is 0.0468 e. The van der Waals surface area contributed by atoms with E-state index in [2.05, 4.69) is 27.3 Å². The summed E-state index contributed by atoms with van der Waals surface area (Å²) in [5.74, 6) is 0. The number of anilines is 1. The van der Waals surface area contributed by atoms with E-state index in [1.165, 1.54) is 18.4 Å². The van der Waals surface area contributed by atoms with E-state index < -0.39 is 0 Å². The molecule has 18 heavy (non-hydrogen) atoms. The van der Waals surface area contributed by atoms with Crippen molar-refractivity contribution < 1.29 is 4.74 Å². The number of rotatable bonds is 7. The molecule has 1 aliphatic rings. The predicted octanol–water partition coefficient (Wildman–Crippen LogP) is 2.94. The van der Waals surface area contributed by atoms with Crippen LogP contribution in [-0.4, -0.2) is 20.3 Å². The number of hydrogen-bond donors (Lipinski definition) is 2. The summed E-state index contributed by atoms with van der Waals surface area (Å²) in [6, 6.07) is 6.05. The lowest BCUT2D eigenvalue weighted by molar-refractivity contribution is 0.171. The van der Waals surface area contributed by atoms with Gasteiger partial charge in [0.25, 0.3) is 0 Å². The molecule has 1 aliphatic carbocycles. The van der Waals surface area contributed by atoms with Crippen molar-refractivity contribution >= 4 is 21.6 Å². The average Bonchev–Trinajstić information content (AvgIpc) is 3.06. The molecule has 0 radical (unpaired) electrons. The Balaban J connectivity index is 1.78. The fourth-order valence-electron chi connectivity index (χ4n) is 2.26. The third-order valence-electron chi connectivity index (χ3n) is 3.60. The van der Waals surface area contributed by atoms with Crippen LogP contribution in [0.2, 0.25) is 0 Å². The molecule has 0 saturated heterocycles. The number of halogens is 1. The summed E-state index contributed by atoms with van der Waals surface area (Å²) in [7, 11) is 1.77. The van der Waals surface area contributed by atoms with E-state index in [1.54, 1.807) is 7.11 Å². The van der Waals surface area contributed by atoms with E-state index in [1.807, 2.05) is 12.1 Å². The summed E-state index contributed by atoms with van der Waals surface area (Å²) in [6.45, 7) is 2.81. The van der Waals surface area contributed by atoms with E-state index in [0.717, 1.165) is 36.3 Å². The van der Waals surface area contributed by atoms with Gasteiger partial charge in [-0.05, 0) is 48.4 Å². The number of nitrogens with one attached hydrogen (secondary N) is 1. The first-order valence-corrected chi connectivity index (χ1v) is 7.17. The predicted molar refractivity (Wildman–Crippen MR) is 78.4 cm³/mol. The molecule has 0 spiro atoms. The highest BCUT2D eigenvalue weighted by molar-refractivity contribution is 9.10. The van der Waals surface area contributed by atoms with Crippen molar-refractivity contribution in [2.75, 3.05) is 26.0 Å². The zero-order valence-electron chi connectivity index (χ0n) is 10.8. The molecule has 3 nitrogen and oxygen atoms in total. The molecule has 0 bridgehead atoms. The fourth-order valence-corrected chi connectivity index (χ4v) is 2.82. The number of benzene rings is 1. The minimum Gasteiger partial charge on any atom is -0.399 e. The maximum atomic E-state index is 5.82. The number of nitrogens with two attached hydrogens (primary N) is 1. The molecule has 0 aliphatic heterocycles. The first kappa shape index (κ1) is 13.8. The molecule has 2 rings (SSSR count). The zero-order valence-corrected chi connectivity index (χ0v) is 12.4. The topological polar surface area (TPSA) is 47.3 Å². The van der Waals surface area contributed by atoms with Crippen LogP contribution in [0.1, 0.15) is 24.8 Å². The average molecular weight is 313 g/mol. The van der Waals surface area contributed by atoms with Crippen molar-refractivity contribution in [2.45, 2.75) is 25.8 Å². The standard InChI is InChI=1S/C14H21BrN2O/c1-18-5-4-14(2-3-14)10-17-9-11-6-12(15)8-13(16)7-11/h6-8,17H,2-5,9-10,16H2,1H3. The number of hydrogen-bond acceptors (Lipinski definition) is 3. The zero-order chi connectivity index (χ0) is 13.0. The third kappa shape index (κ3) is 3.97. The molecular weight excluding hydrogens is 292 g/mol. The Morgan fingerprint density at radius 3 is 2.78 bits per heavy atom. The van der Waals surface area contributed by atoms with Crippen LogP contribution in [0.3, 0.4) is 0 Å². The first-order valence-electron chi connectivity index (χ1n) is 6.38. The summed E-state index contributed by atoms with van der Waals surface area (Å²) in [6.07, 6.45) is 3.81. The summed E-state index contributed by atoms with van der Waals surface area (Å²) in [5, 5.41) is 3.54. The van der Waals surface area contributed by atoms with Gasteiger partial charge in [-0.15, -0.1) is 0 Å². The quantitative estimate of drug-likeness (QED) is 0.761. The lowest BCUT2D eigenvalue weighted by Crippen LogP contribution is -2.24. The SMILES string of the molecule is COCCC1(CNCc2cc(N)cc(Br)c2)CC1. The summed E-state index contributed by atoms with van der Waals surface area (Å²) in [4.78, 5) is 0. The number of nitrogen functional groups attached to an aromatic ring is 1. The monoisotopic (exact) mass is 312 g/mol. The molecule has 1 aromatic rings. The second-order valence-electron chi connectivity index (χ2n) is 5.24. The Bertz CT molecular complexity index is 385. The van der Waals surface area contributed by atoms with E-state index in [9.17, 15) is 0 Å². The second kappa shape index (κ2) is 6.04. The Morgan fingerprint density at radius 2 is 2.17 bits per heavy atom. The Labute approximate surface area is 117 Å². The first-order chi connectivity index (χ1) is 8.63. The lowest BCUT2D eigenvalue weighted by atomic mass is 10.0. The van der Waals surface area contributed by atoms with E-state index in [0.29, 0.717) is 5.41 Å². The second-order valence-corrected chi connectivity index (χ2v) is 6.15. The van der Waals surface area contributed by atoms with Crippen LogP contribution >= 0.6 is 15.9 Å². The maximum Gasteiger partial charge on any atom is 0.0468 e. The molecule has 1 aromatic carbocycles. The van der Waals surface area contributed by atoms with Crippen molar-refractivity contribution in [1.29, 1.82) is 0 Å². The summed E-state index contributed by atoms with van der Waals surface area (Å²) in [5.41, 5.74) is 8.35. The van der Waals surface area contributed by atoms with Gasteiger partial charge in [0.2, 0.25) is 0 Å². The van der Waals surface area contributed by atoms with Crippen LogP contribution in [0.25, 0.3) is 0 Å². The van der Waals surface area contributed by atoms with Gasteiger partial charge >= 0.3 is 0 Å². The van der Waals surface area contributed by atoms with Gasteiger partial charge in [0, 0.05) is 37.0 Å². The van der Waals surface area contributed by atoms with Crippen molar-refractivity contribution in [1.82, 2.24) is 5.32 Å². The van der Waals surface area contributed by atoms with Crippen molar-refractivity contribution in [3.05, 3.63) is 28.2 Å². The molecule has 0 aromatic heterocycles. The van der Waals surface area contributed by atoms with Gasteiger partial charge in [0.1, 0.15) is 0 Å². The molecule has 0 amide bonds. The number of methoxy groups -OCH3 is 1. The van der Waals surface area contributed by atoms with Gasteiger partial charge in [-0.3, -0.25) is 0 Å². The molecule has 0 heterocycles. The molecular formula is C14H21BrN2O. The normalized spacial score (nSPS) is 16.8. The van der Waals surface area contributed by atoms with Gasteiger partial charge in [-0.25, -0.2) is 0 Å². The minimum atomic E-state index is 0.494. The largest absolute Gasteiger partial charge is 0.399 e. The van der Waals surface area contributed by atoms with Gasteiger partial charge < -0.3 is 15.8 Å². The molecule has 1 saturated carbocycles. The van der Waals surface area contributed by atoms with Crippen molar-refractivity contribution in [2.24, 2.45) is 5.41 Å². The van der Waals surface area contributed by atoms with Crippen LogP contribution in [-0.2, 0) is 11.3 Å². The molecule has 1 fully saturated rings. The molecule has 4 heteroatoms. The summed E-state index contributed by atoms with van der Waals surface area (Å²) < 4.78 is 6.20. The minimum absolute atomic E-state index is 0.494. The van der Waals surface area contributed by atoms with Gasteiger partial charge in [-0.2, -0.15) is 0 Å². The van der Waals surface area contributed by atoms with Gasteiger partial charge in [0.15, 0.2) is 0 Å². The number of ether oxygens (including phenoxy) is 1. The fraction of sp³-hybridized carbons (Fsp3) is 0.571. The van der Waals surface area contributed by atoms with Crippen molar-refractivity contribution in [3.8, 4) is 0 Å². The Kier molecular flexibility index (Phi) is 4.65. The Hall–Kier alpha value is -0.580. The summed E-state index contributed by atoms with van der Waals surface area (Å²) >= 11 is 3.47. The highest BCUT2D eigenvalue weighted by Crippen LogP contribution is 2.48. The van der Waals surface area contributed by atoms with Crippen LogP contribution in [0.4, 0.5) is 5.69 Å². The highest BCUT2D eigenvalue weighted by Gasteiger charge is 2.41. The van der Waals surface area contributed by atoms with Crippen LogP contribution < -0.4 is 11.1 Å². The molecule has 0 unspecified atom stereocenters. The molecule has 3 N–H and O–H groups in total. The third-order valence-corrected chi connectivity index (χ3v) is 4.06. The molecule has 100 valence electrons. The van der Waals surface area contributed by atoms with E-state index in [4.69, 9.17) is 10.5 Å². The highest BCUT2D eigenvalue weighted by atomic mass is 79.9. The van der Waals surface area contributed by atoms with Gasteiger partial charge in [0.05, 0.1) is 0 Å². The van der Waals surface area contributed by atoms with Gasteiger partial charge in [-0.1, -0.05) is 15.9 Å². The maximum absolute atomic E-state index is 5.82. The van der Waals surface area contributed by atoms with Crippen LogP contribution in [0.15, 0.2) is 22.7 Å². The van der Waals surface area contributed by atoms with E-state index in [-0.39, 0.29) is 0 Å². The van der Waals surface area contributed by atoms with E-state index >= 15 is 0 Å². The molecule has 0 atom stereocenters.